The number of rotatable bonds is 6. The predicted molar refractivity (Wildman–Crippen MR) is 79.8 cm³/mol. The fourth-order valence-electron chi connectivity index (χ4n) is 2.09. The molecule has 1 amide bonds. The maximum Gasteiger partial charge on any atom is 0.275 e. The van der Waals surface area contributed by atoms with Gasteiger partial charge in [-0.1, -0.05) is 12.1 Å². The topological polar surface area (TPSA) is 45.7 Å². The molecule has 2 aromatic rings. The van der Waals surface area contributed by atoms with Gasteiger partial charge in [0.05, 0.1) is 0 Å². The first-order chi connectivity index (χ1) is 11.0. The lowest BCUT2D eigenvalue weighted by Gasteiger charge is -2.11. The molecule has 3 nitrogen and oxygen atoms in total. The van der Waals surface area contributed by atoms with E-state index < -0.39 is 11.6 Å². The highest BCUT2D eigenvalue weighted by Crippen LogP contribution is 2.13. The molecule has 6 heteroatoms. The number of nitrogens with one attached hydrogen (secondary N) is 1. The Labute approximate surface area is 132 Å². The number of nitrogens with two attached hydrogens (primary N) is 1. The fraction of sp³-hybridized carbons (Fsp3) is 0.235. The summed E-state index contributed by atoms with van der Waals surface area (Å²) in [6.45, 7) is 2.27. The molecule has 0 spiro atoms. The van der Waals surface area contributed by atoms with Crippen LogP contribution in [-0.4, -0.2) is 12.5 Å². The van der Waals surface area contributed by atoms with Gasteiger partial charge in [-0.25, -0.2) is 13.2 Å². The Hall–Kier alpha value is -2.34. The van der Waals surface area contributed by atoms with Crippen LogP contribution in [0.25, 0.3) is 0 Å². The van der Waals surface area contributed by atoms with Gasteiger partial charge in [0, 0.05) is 12.1 Å². The third-order valence-electron chi connectivity index (χ3n) is 3.53. The van der Waals surface area contributed by atoms with E-state index in [0.717, 1.165) is 17.7 Å². The van der Waals surface area contributed by atoms with Crippen molar-refractivity contribution in [2.75, 3.05) is 6.54 Å². The quantitative estimate of drug-likeness (QED) is 0.840. The average Bonchev–Trinajstić information content (AvgIpc) is 2.54. The number of quaternary nitrogens is 1. The van der Waals surface area contributed by atoms with Crippen LogP contribution in [0.1, 0.15) is 24.1 Å². The van der Waals surface area contributed by atoms with Crippen molar-refractivity contribution in [3.05, 3.63) is 71.0 Å². The van der Waals surface area contributed by atoms with Crippen LogP contribution in [-0.2, 0) is 11.3 Å². The molecule has 2 rings (SSSR count). The molecule has 3 N–H and O–H groups in total. The smallest absolute Gasteiger partial charge is 0.275 e. The van der Waals surface area contributed by atoms with Crippen LogP contribution in [0.4, 0.5) is 13.2 Å². The Bertz CT molecular complexity index is 674. The van der Waals surface area contributed by atoms with Crippen molar-refractivity contribution in [2.45, 2.75) is 19.5 Å². The lowest BCUT2D eigenvalue weighted by Crippen LogP contribution is -2.87. The number of hydrogen-bond donors (Lipinski definition) is 2. The summed E-state index contributed by atoms with van der Waals surface area (Å²) < 4.78 is 38.8. The molecule has 0 fully saturated rings. The van der Waals surface area contributed by atoms with Crippen LogP contribution in [0.3, 0.4) is 0 Å². The molecule has 0 unspecified atom stereocenters. The third kappa shape index (κ3) is 5.10. The van der Waals surface area contributed by atoms with Crippen LogP contribution >= 0.6 is 0 Å². The van der Waals surface area contributed by atoms with Gasteiger partial charge in [-0.2, -0.15) is 0 Å². The molecule has 2 aromatic carbocycles. The highest BCUT2D eigenvalue weighted by molar-refractivity contribution is 5.76. The van der Waals surface area contributed by atoms with Gasteiger partial charge in [0.15, 0.2) is 18.2 Å². The Kier molecular flexibility index (Phi) is 5.76. The zero-order valence-electron chi connectivity index (χ0n) is 12.7. The Balaban J connectivity index is 1.79. The number of carbonyl (C=O) groups excluding carboxylic acids is 1. The monoisotopic (exact) mass is 323 g/mol. The fourth-order valence-corrected chi connectivity index (χ4v) is 2.09. The summed E-state index contributed by atoms with van der Waals surface area (Å²) in [5, 5.41) is 4.45. The van der Waals surface area contributed by atoms with Crippen LogP contribution in [0, 0.1) is 17.5 Å². The van der Waals surface area contributed by atoms with Crippen molar-refractivity contribution in [3.63, 3.8) is 0 Å². The zero-order chi connectivity index (χ0) is 16.8. The van der Waals surface area contributed by atoms with Crippen molar-refractivity contribution in [3.8, 4) is 0 Å². The molecule has 23 heavy (non-hydrogen) atoms. The Morgan fingerprint density at radius 2 is 1.78 bits per heavy atom. The largest absolute Gasteiger partial charge is 0.347 e. The molecule has 0 aliphatic heterocycles. The van der Waals surface area contributed by atoms with Crippen LogP contribution in [0.2, 0.25) is 0 Å². The number of carbonyl (C=O) groups is 1. The summed E-state index contributed by atoms with van der Waals surface area (Å²) in [4.78, 5) is 11.8. The lowest BCUT2D eigenvalue weighted by molar-refractivity contribution is -0.682. The second-order valence-corrected chi connectivity index (χ2v) is 5.31. The van der Waals surface area contributed by atoms with E-state index in [9.17, 15) is 18.0 Å². The summed E-state index contributed by atoms with van der Waals surface area (Å²) in [6, 6.07) is 9.39. The molecular weight excluding hydrogens is 305 g/mol. The number of halogens is 3. The van der Waals surface area contributed by atoms with Gasteiger partial charge in [0.1, 0.15) is 11.9 Å². The van der Waals surface area contributed by atoms with Gasteiger partial charge in [-0.05, 0) is 42.8 Å². The number of hydrogen-bond acceptors (Lipinski definition) is 1. The molecule has 0 bridgehead atoms. The van der Waals surface area contributed by atoms with Crippen molar-refractivity contribution in [1.82, 2.24) is 5.32 Å². The van der Waals surface area contributed by atoms with E-state index in [1.807, 2.05) is 0 Å². The van der Waals surface area contributed by atoms with Crippen LogP contribution in [0.15, 0.2) is 42.5 Å². The van der Waals surface area contributed by atoms with Crippen molar-refractivity contribution in [1.29, 1.82) is 0 Å². The van der Waals surface area contributed by atoms with E-state index >= 15 is 0 Å². The normalized spacial score (nSPS) is 12.0. The van der Waals surface area contributed by atoms with Gasteiger partial charge >= 0.3 is 0 Å². The van der Waals surface area contributed by atoms with Crippen LogP contribution in [0.5, 0.6) is 0 Å². The van der Waals surface area contributed by atoms with E-state index in [1.54, 1.807) is 24.4 Å². The molecule has 0 saturated carbocycles. The molecule has 0 aromatic heterocycles. The van der Waals surface area contributed by atoms with E-state index in [2.05, 4.69) is 5.32 Å². The van der Waals surface area contributed by atoms with Gasteiger partial charge in [0.25, 0.3) is 5.91 Å². The molecule has 0 heterocycles. The molecule has 0 aliphatic carbocycles. The molecule has 122 valence electrons. The summed E-state index contributed by atoms with van der Waals surface area (Å²) in [7, 11) is 0. The minimum atomic E-state index is -0.900. The standard InChI is InChI=1S/C17H17F3N2O/c1-11(13-4-7-15(19)16(20)8-13)21-10-17(23)22-9-12-2-5-14(18)6-3-12/h2-8,11,21H,9-10H2,1H3,(H,22,23)/p+1/t11-/m0/s1. The maximum absolute atomic E-state index is 13.2. The molecular formula is C17H18F3N2O+. The number of benzene rings is 2. The SMILES string of the molecule is C[C@H]([NH2+]CC(=O)NCc1ccc(F)cc1)c1ccc(F)c(F)c1. The molecule has 0 saturated heterocycles. The van der Waals surface area contributed by atoms with Crippen molar-refractivity contribution < 1.29 is 23.3 Å². The third-order valence-corrected chi connectivity index (χ3v) is 3.53. The molecule has 0 aliphatic rings. The summed E-state index contributed by atoms with van der Waals surface area (Å²) in [5.41, 5.74) is 1.41. The van der Waals surface area contributed by atoms with Gasteiger partial charge in [0.2, 0.25) is 0 Å². The van der Waals surface area contributed by atoms with E-state index in [4.69, 9.17) is 0 Å². The van der Waals surface area contributed by atoms with Crippen molar-refractivity contribution >= 4 is 5.91 Å². The Morgan fingerprint density at radius 3 is 2.43 bits per heavy atom. The minimum Gasteiger partial charge on any atom is -0.347 e. The summed E-state index contributed by atoms with van der Waals surface area (Å²) >= 11 is 0. The highest BCUT2D eigenvalue weighted by Gasteiger charge is 2.13. The van der Waals surface area contributed by atoms with E-state index in [1.165, 1.54) is 18.2 Å². The maximum atomic E-state index is 13.2. The van der Waals surface area contributed by atoms with Gasteiger partial charge in [-0.3, -0.25) is 4.79 Å². The molecule has 0 radical (unpaired) electrons. The number of amides is 1. The highest BCUT2D eigenvalue weighted by atomic mass is 19.2. The van der Waals surface area contributed by atoms with Crippen LogP contribution < -0.4 is 10.6 Å². The summed E-state index contributed by atoms with van der Waals surface area (Å²) in [6.07, 6.45) is 0. The average molecular weight is 323 g/mol. The first-order valence-electron chi connectivity index (χ1n) is 7.25. The predicted octanol–water partition coefficient (Wildman–Crippen LogP) is 2.04. The zero-order valence-corrected chi connectivity index (χ0v) is 12.7. The Morgan fingerprint density at radius 1 is 1.09 bits per heavy atom. The van der Waals surface area contributed by atoms with Crippen molar-refractivity contribution in [2.24, 2.45) is 0 Å². The minimum absolute atomic E-state index is 0.154. The van der Waals surface area contributed by atoms with E-state index in [-0.39, 0.29) is 24.3 Å². The first kappa shape index (κ1) is 17.0. The molecule has 1 atom stereocenters. The van der Waals surface area contributed by atoms with E-state index in [0.29, 0.717) is 12.1 Å². The van der Waals surface area contributed by atoms with Gasteiger partial charge < -0.3 is 10.6 Å². The summed E-state index contributed by atoms with van der Waals surface area (Å²) in [5.74, 6) is -2.31. The second-order valence-electron chi connectivity index (χ2n) is 5.31. The second kappa shape index (κ2) is 7.78. The van der Waals surface area contributed by atoms with Gasteiger partial charge in [-0.15, -0.1) is 0 Å². The first-order valence-corrected chi connectivity index (χ1v) is 7.25. The lowest BCUT2D eigenvalue weighted by atomic mass is 10.1.